The van der Waals surface area contributed by atoms with Crippen LogP contribution < -0.4 is 9.64 Å². The van der Waals surface area contributed by atoms with Gasteiger partial charge in [0, 0.05) is 33.7 Å². The maximum absolute atomic E-state index is 6.42. The van der Waals surface area contributed by atoms with E-state index in [0.717, 1.165) is 45.1 Å². The highest BCUT2D eigenvalue weighted by Crippen LogP contribution is 2.65. The van der Waals surface area contributed by atoms with Gasteiger partial charge in [0.2, 0.25) is 0 Å². The van der Waals surface area contributed by atoms with Crippen molar-refractivity contribution in [1.29, 1.82) is 0 Å². The number of fused-ring (bicyclic) bond motifs is 16. The summed E-state index contributed by atoms with van der Waals surface area (Å²) >= 11 is 0. The van der Waals surface area contributed by atoms with Crippen molar-refractivity contribution in [2.75, 3.05) is 4.90 Å². The maximum atomic E-state index is 6.42. The van der Waals surface area contributed by atoms with Crippen LogP contribution >= 0.6 is 0 Å². The number of allylic oxidation sites excluding steroid dienone is 6. The number of anilines is 3. The normalized spacial score (nSPS) is 17.3. The Morgan fingerprint density at radius 2 is 1.17 bits per heavy atom. The highest BCUT2D eigenvalue weighted by molar-refractivity contribution is 6.03. The fourth-order valence-electron chi connectivity index (χ4n) is 13.2. The lowest BCUT2D eigenvalue weighted by Crippen LogP contribution is -2.26. The molecule has 0 bridgehead atoms. The number of rotatable bonds is 8. The van der Waals surface area contributed by atoms with E-state index in [1.165, 1.54) is 83.5 Å². The highest BCUT2D eigenvalue weighted by atomic mass is 16.5. The van der Waals surface area contributed by atoms with Gasteiger partial charge in [-0.25, -0.2) is 0 Å². The Hall–Kier alpha value is -8.72. The molecule has 342 valence electrons. The van der Waals surface area contributed by atoms with E-state index in [-0.39, 0.29) is 17.4 Å². The summed E-state index contributed by atoms with van der Waals surface area (Å²) in [4.78, 5) is 2.57. The van der Waals surface area contributed by atoms with Gasteiger partial charge >= 0.3 is 0 Å². The average molecular weight is 922 g/mol. The van der Waals surface area contributed by atoms with Crippen LogP contribution in [0.15, 0.2) is 250 Å². The lowest BCUT2D eigenvalue weighted by molar-refractivity contribution is 0.269. The summed E-state index contributed by atoms with van der Waals surface area (Å²) in [6.07, 6.45) is 12.7. The largest absolute Gasteiger partial charge is 0.485 e. The molecule has 2 heteroatoms. The molecule has 1 spiro atoms. The quantitative estimate of drug-likeness (QED) is 0.141. The standard InChI is InChI=1S/C70H51NO/c1-5-19-44(6-2)48-32-36-52-53-37-35-49(43-63(53)69(3,4)62(52)42-48)71(64-38-33-46(40-56(64)45-20-8-7-9-21-45)47-34-39-67-57(41-47)54-24-13-17-31-66(54)72-67)65-30-18-29-61-68(65)55-25-12-16-28-60(55)70(61)58-26-14-10-22-50(58)51-23-11-15-27-59(51)70/h5-43,57,67H,1-2H2,3-4H3/b44-19+. The van der Waals surface area contributed by atoms with Gasteiger partial charge in [0.25, 0.3) is 0 Å². The Bertz CT molecular complexity index is 3830. The number of hydrogen-bond acceptors (Lipinski definition) is 2. The van der Waals surface area contributed by atoms with Gasteiger partial charge in [-0.2, -0.15) is 0 Å². The van der Waals surface area contributed by atoms with Crippen molar-refractivity contribution in [2.45, 2.75) is 36.7 Å². The molecule has 72 heavy (non-hydrogen) atoms. The molecule has 2 unspecified atom stereocenters. The molecule has 0 N–H and O–H groups in total. The number of benzene rings is 9. The minimum atomic E-state index is -0.489. The van der Waals surface area contributed by atoms with Crippen LogP contribution in [-0.4, -0.2) is 6.10 Å². The van der Waals surface area contributed by atoms with E-state index in [9.17, 15) is 0 Å². The van der Waals surface area contributed by atoms with Gasteiger partial charge in [0.15, 0.2) is 0 Å². The predicted molar refractivity (Wildman–Crippen MR) is 300 cm³/mol. The molecule has 0 radical (unpaired) electrons. The second kappa shape index (κ2) is 15.9. The summed E-state index contributed by atoms with van der Waals surface area (Å²) in [5.74, 6) is 1.13. The van der Waals surface area contributed by atoms with Gasteiger partial charge in [-0.15, -0.1) is 0 Å². The first-order chi connectivity index (χ1) is 35.4. The van der Waals surface area contributed by atoms with E-state index in [1.807, 2.05) is 18.2 Å². The van der Waals surface area contributed by atoms with Crippen LogP contribution in [0.25, 0.3) is 55.7 Å². The molecule has 1 heterocycles. The second-order valence-corrected chi connectivity index (χ2v) is 20.3. The third-order valence-corrected chi connectivity index (χ3v) is 16.4. The zero-order chi connectivity index (χ0) is 48.3. The van der Waals surface area contributed by atoms with Crippen LogP contribution in [0.4, 0.5) is 17.1 Å². The molecule has 9 aromatic carbocycles. The van der Waals surface area contributed by atoms with Gasteiger partial charge in [-0.1, -0.05) is 215 Å². The molecule has 14 rings (SSSR count). The molecule has 2 nitrogen and oxygen atoms in total. The number of hydrogen-bond donors (Lipinski definition) is 0. The van der Waals surface area contributed by atoms with Crippen LogP contribution in [0, 0.1) is 0 Å². The molecule has 4 aliphatic carbocycles. The second-order valence-electron chi connectivity index (χ2n) is 20.3. The third-order valence-electron chi connectivity index (χ3n) is 16.4. The van der Waals surface area contributed by atoms with Crippen LogP contribution in [0.3, 0.4) is 0 Å². The summed E-state index contributed by atoms with van der Waals surface area (Å²) in [7, 11) is 0. The van der Waals surface area contributed by atoms with Gasteiger partial charge in [-0.3, -0.25) is 0 Å². The van der Waals surface area contributed by atoms with Gasteiger partial charge < -0.3 is 9.64 Å². The van der Waals surface area contributed by atoms with Crippen molar-refractivity contribution in [3.63, 3.8) is 0 Å². The van der Waals surface area contributed by atoms with Crippen LogP contribution in [0.5, 0.6) is 5.75 Å². The fraction of sp³-hybridized carbons (Fsp3) is 0.0857. The van der Waals surface area contributed by atoms with E-state index in [0.29, 0.717) is 0 Å². The lowest BCUT2D eigenvalue weighted by Gasteiger charge is -2.33. The lowest BCUT2D eigenvalue weighted by atomic mass is 9.70. The van der Waals surface area contributed by atoms with Crippen molar-refractivity contribution < 1.29 is 4.74 Å². The summed E-state index contributed by atoms with van der Waals surface area (Å²) in [6.45, 7) is 12.9. The minimum Gasteiger partial charge on any atom is -0.485 e. The Labute approximate surface area is 422 Å². The summed E-state index contributed by atoms with van der Waals surface area (Å²) in [6, 6.07) is 75.0. The molecular formula is C70H51NO. The van der Waals surface area contributed by atoms with E-state index in [2.05, 4.69) is 250 Å². The summed E-state index contributed by atoms with van der Waals surface area (Å²) < 4.78 is 6.42. The smallest absolute Gasteiger partial charge is 0.128 e. The topological polar surface area (TPSA) is 12.5 Å². The van der Waals surface area contributed by atoms with Crippen LogP contribution in [-0.2, 0) is 10.8 Å². The number of nitrogens with zero attached hydrogens (tertiary/aromatic N) is 1. The van der Waals surface area contributed by atoms with Crippen molar-refractivity contribution in [3.8, 4) is 50.3 Å². The average Bonchev–Trinajstić information content (AvgIpc) is 4.12. The molecule has 9 aromatic rings. The molecular weight excluding hydrogens is 871 g/mol. The van der Waals surface area contributed by atoms with Crippen LogP contribution in [0.1, 0.15) is 69.8 Å². The van der Waals surface area contributed by atoms with Gasteiger partial charge in [0.05, 0.1) is 16.8 Å². The molecule has 0 amide bonds. The molecule has 0 fully saturated rings. The van der Waals surface area contributed by atoms with Crippen molar-refractivity contribution in [3.05, 3.63) is 300 Å². The zero-order valence-corrected chi connectivity index (χ0v) is 40.4. The first-order valence-electron chi connectivity index (χ1n) is 25.2. The van der Waals surface area contributed by atoms with Crippen molar-refractivity contribution in [1.82, 2.24) is 0 Å². The van der Waals surface area contributed by atoms with Gasteiger partial charge in [0.1, 0.15) is 11.9 Å². The van der Waals surface area contributed by atoms with E-state index < -0.39 is 5.41 Å². The van der Waals surface area contributed by atoms with E-state index in [4.69, 9.17) is 4.74 Å². The van der Waals surface area contributed by atoms with E-state index >= 15 is 0 Å². The summed E-state index contributed by atoms with van der Waals surface area (Å²) in [5.41, 5.74) is 26.3. The highest BCUT2D eigenvalue weighted by Gasteiger charge is 2.52. The SMILES string of the molecule is C=C/C=C(\C=C)c1ccc2c(c1)C(C)(C)c1cc(N(c3ccc(C4=CC5c6ccccc6OC5C=C4)cc3-c3ccccc3)c3cccc4c3-c3ccccc3C43c4ccccc4-c4ccccc43)ccc1-2. The Balaban J connectivity index is 1.02. The third kappa shape index (κ3) is 5.90. The van der Waals surface area contributed by atoms with Crippen molar-refractivity contribution in [2.24, 2.45) is 0 Å². The first kappa shape index (κ1) is 42.2. The monoisotopic (exact) mass is 921 g/mol. The maximum Gasteiger partial charge on any atom is 0.128 e. The number of para-hydroxylation sites is 1. The molecule has 2 atom stereocenters. The Morgan fingerprint density at radius 3 is 1.92 bits per heavy atom. The fourth-order valence-corrected chi connectivity index (χ4v) is 13.2. The molecule has 0 saturated carbocycles. The molecule has 0 saturated heterocycles. The predicted octanol–water partition coefficient (Wildman–Crippen LogP) is 17.7. The molecule has 0 aromatic heterocycles. The van der Waals surface area contributed by atoms with E-state index in [1.54, 1.807) is 0 Å². The Morgan fingerprint density at radius 1 is 0.528 bits per heavy atom. The molecule has 1 aliphatic heterocycles. The van der Waals surface area contributed by atoms with Crippen LogP contribution in [0.2, 0.25) is 0 Å². The van der Waals surface area contributed by atoms with Crippen molar-refractivity contribution >= 4 is 28.2 Å². The zero-order valence-electron chi connectivity index (χ0n) is 40.4. The van der Waals surface area contributed by atoms with Gasteiger partial charge in [-0.05, 0) is 138 Å². The first-order valence-corrected chi connectivity index (χ1v) is 25.2. The molecule has 5 aliphatic rings. The minimum absolute atomic E-state index is 0.00548. The summed E-state index contributed by atoms with van der Waals surface area (Å²) in [5, 5.41) is 0. The number of ether oxygens (including phenoxy) is 1. The Kier molecular flexibility index (Phi) is 9.32.